The summed E-state index contributed by atoms with van der Waals surface area (Å²) >= 11 is 0. The molecule has 1 fully saturated rings. The first-order valence-electron chi connectivity index (χ1n) is 8.33. The van der Waals surface area contributed by atoms with E-state index in [-0.39, 0.29) is 12.5 Å². The number of hydrogen-bond acceptors (Lipinski definition) is 7. The first kappa shape index (κ1) is 20.7. The van der Waals surface area contributed by atoms with E-state index in [4.69, 9.17) is 23.8 Å². The zero-order chi connectivity index (χ0) is 19.3. The fourth-order valence-electron chi connectivity index (χ4n) is 2.84. The fourth-order valence-corrected chi connectivity index (χ4v) is 3.84. The van der Waals surface area contributed by atoms with Crippen molar-refractivity contribution in [2.45, 2.75) is 51.2 Å². The van der Waals surface area contributed by atoms with Crippen molar-refractivity contribution in [3.05, 3.63) is 32.6 Å². The molecule has 10 heteroatoms. The number of ether oxygens (including phenoxy) is 2. The summed E-state index contributed by atoms with van der Waals surface area (Å²) in [5.74, 6) is 0. The lowest BCUT2D eigenvalue weighted by Gasteiger charge is -2.25. The van der Waals surface area contributed by atoms with E-state index >= 15 is 0 Å². The van der Waals surface area contributed by atoms with Crippen LogP contribution in [0.25, 0.3) is 0 Å². The molecule has 0 aliphatic carbocycles. The Morgan fingerprint density at radius 1 is 1.42 bits per heavy atom. The standard InChI is InChI=1S/C16H24N3O6P/c1-5-11-12(25-26(4)23-8-6-7-17)13(22-3)15(24-11)19-9-10(2)14(20)18-16(19)21/h9,11-13,15H,5-6,8H2,1-4H3,(H,18,20,21)/t11-,12+,13-,15-,26?/m1/s1. The van der Waals surface area contributed by atoms with E-state index in [2.05, 4.69) is 4.98 Å². The van der Waals surface area contributed by atoms with Gasteiger partial charge in [0, 0.05) is 25.5 Å². The molecule has 5 atom stereocenters. The summed E-state index contributed by atoms with van der Waals surface area (Å²) < 4.78 is 24.4. The molecule has 2 heterocycles. The summed E-state index contributed by atoms with van der Waals surface area (Å²) in [5, 5.41) is 8.59. The van der Waals surface area contributed by atoms with Crippen molar-refractivity contribution in [3.63, 3.8) is 0 Å². The maximum Gasteiger partial charge on any atom is 0.330 e. The van der Waals surface area contributed by atoms with Crippen molar-refractivity contribution in [2.24, 2.45) is 0 Å². The average Bonchev–Trinajstić information content (AvgIpc) is 2.95. The molecule has 144 valence electrons. The van der Waals surface area contributed by atoms with E-state index in [0.29, 0.717) is 18.6 Å². The molecular formula is C16H24N3O6P. The lowest BCUT2D eigenvalue weighted by molar-refractivity contribution is -0.0539. The number of aryl methyl sites for hydroxylation is 1. The molecule has 1 aromatic heterocycles. The number of H-pyrrole nitrogens is 1. The van der Waals surface area contributed by atoms with Crippen molar-refractivity contribution in [1.29, 1.82) is 5.26 Å². The fraction of sp³-hybridized carbons (Fsp3) is 0.688. The Balaban J connectivity index is 2.23. The van der Waals surface area contributed by atoms with E-state index in [1.54, 1.807) is 13.6 Å². The molecule has 0 spiro atoms. The van der Waals surface area contributed by atoms with Crippen molar-refractivity contribution in [2.75, 3.05) is 20.4 Å². The highest BCUT2D eigenvalue weighted by atomic mass is 31.2. The quantitative estimate of drug-likeness (QED) is 0.531. The highest BCUT2D eigenvalue weighted by molar-refractivity contribution is 7.46. The predicted molar refractivity (Wildman–Crippen MR) is 95.0 cm³/mol. The molecule has 26 heavy (non-hydrogen) atoms. The van der Waals surface area contributed by atoms with Gasteiger partial charge in [0.25, 0.3) is 5.56 Å². The Hall–Kier alpha value is -1.56. The van der Waals surface area contributed by atoms with Crippen LogP contribution in [0.5, 0.6) is 0 Å². The third-order valence-electron chi connectivity index (χ3n) is 4.14. The first-order chi connectivity index (χ1) is 12.4. The smallest absolute Gasteiger partial charge is 0.330 e. The van der Waals surface area contributed by atoms with Crippen LogP contribution in [-0.2, 0) is 18.5 Å². The second kappa shape index (κ2) is 9.40. The van der Waals surface area contributed by atoms with Crippen LogP contribution in [-0.4, -0.2) is 48.2 Å². The van der Waals surface area contributed by atoms with Crippen LogP contribution in [0.2, 0.25) is 0 Å². The highest BCUT2D eigenvalue weighted by Gasteiger charge is 2.47. The molecule has 1 N–H and O–H groups in total. The number of nitriles is 1. The van der Waals surface area contributed by atoms with Gasteiger partial charge < -0.3 is 18.5 Å². The van der Waals surface area contributed by atoms with Gasteiger partial charge in [0.1, 0.15) is 12.2 Å². The molecule has 1 aromatic rings. The van der Waals surface area contributed by atoms with Gasteiger partial charge in [0.05, 0.1) is 25.2 Å². The molecule has 1 aliphatic heterocycles. The largest absolute Gasteiger partial charge is 0.374 e. The summed E-state index contributed by atoms with van der Waals surface area (Å²) in [5.41, 5.74) is -0.591. The lowest BCUT2D eigenvalue weighted by Crippen LogP contribution is -2.39. The van der Waals surface area contributed by atoms with Gasteiger partial charge in [-0.25, -0.2) is 4.79 Å². The Morgan fingerprint density at radius 2 is 2.15 bits per heavy atom. The van der Waals surface area contributed by atoms with Crippen LogP contribution in [0.1, 0.15) is 31.6 Å². The number of hydrogen-bond donors (Lipinski definition) is 1. The SMILES string of the molecule is CC[C@H]1O[C@@H](n2cc(C)c(=O)[nH]c2=O)[C@H](OC)[C@H]1OP(C)OCCC#N. The molecule has 9 nitrogen and oxygen atoms in total. The Labute approximate surface area is 152 Å². The topological polar surface area (TPSA) is 116 Å². The van der Waals surface area contributed by atoms with Crippen molar-refractivity contribution < 1.29 is 18.5 Å². The van der Waals surface area contributed by atoms with E-state index in [1.165, 1.54) is 17.9 Å². The number of aromatic nitrogens is 2. The van der Waals surface area contributed by atoms with Crippen molar-refractivity contribution in [3.8, 4) is 6.07 Å². The van der Waals surface area contributed by atoms with Gasteiger partial charge in [0.2, 0.25) is 0 Å². The van der Waals surface area contributed by atoms with Gasteiger partial charge in [-0.1, -0.05) is 6.92 Å². The van der Waals surface area contributed by atoms with Crippen LogP contribution >= 0.6 is 8.38 Å². The zero-order valence-electron chi connectivity index (χ0n) is 15.3. The Morgan fingerprint density at radius 3 is 2.77 bits per heavy atom. The lowest BCUT2D eigenvalue weighted by atomic mass is 10.1. The highest BCUT2D eigenvalue weighted by Crippen LogP contribution is 2.43. The zero-order valence-corrected chi connectivity index (χ0v) is 16.2. The normalized spacial score (nSPS) is 26.6. The number of nitrogens with one attached hydrogen (secondary N) is 1. The molecular weight excluding hydrogens is 361 g/mol. The van der Waals surface area contributed by atoms with Gasteiger partial charge in [-0.05, 0) is 13.3 Å². The van der Waals surface area contributed by atoms with Gasteiger partial charge in [-0.3, -0.25) is 14.3 Å². The van der Waals surface area contributed by atoms with E-state index < -0.39 is 38.1 Å². The van der Waals surface area contributed by atoms with E-state index in [9.17, 15) is 9.59 Å². The van der Waals surface area contributed by atoms with Gasteiger partial charge in [0.15, 0.2) is 14.6 Å². The second-order valence-electron chi connectivity index (χ2n) is 5.90. The molecule has 1 unspecified atom stereocenters. The minimum atomic E-state index is -1.23. The number of rotatable bonds is 8. The van der Waals surface area contributed by atoms with Crippen LogP contribution < -0.4 is 11.2 Å². The van der Waals surface area contributed by atoms with Crippen LogP contribution in [0.3, 0.4) is 0 Å². The summed E-state index contributed by atoms with van der Waals surface area (Å²) in [4.78, 5) is 26.1. The minimum Gasteiger partial charge on any atom is -0.374 e. The molecule has 0 saturated carbocycles. The van der Waals surface area contributed by atoms with Gasteiger partial charge >= 0.3 is 5.69 Å². The Bertz CT molecular complexity index is 758. The predicted octanol–water partition coefficient (Wildman–Crippen LogP) is 1.42. The molecule has 1 aliphatic rings. The first-order valence-corrected chi connectivity index (χ1v) is 9.96. The minimum absolute atomic E-state index is 0.288. The second-order valence-corrected chi connectivity index (χ2v) is 7.25. The number of aromatic amines is 1. The van der Waals surface area contributed by atoms with E-state index in [0.717, 1.165) is 0 Å². The maximum atomic E-state index is 12.2. The summed E-state index contributed by atoms with van der Waals surface area (Å²) in [6, 6.07) is 2.01. The van der Waals surface area contributed by atoms with Gasteiger partial charge in [-0.2, -0.15) is 5.26 Å². The average molecular weight is 385 g/mol. The van der Waals surface area contributed by atoms with Crippen molar-refractivity contribution >= 4 is 8.38 Å². The summed E-state index contributed by atoms with van der Waals surface area (Å²) in [7, 11) is 0.290. The molecule has 0 radical (unpaired) electrons. The van der Waals surface area contributed by atoms with Crippen LogP contribution in [0.4, 0.5) is 0 Å². The van der Waals surface area contributed by atoms with E-state index in [1.807, 2.05) is 13.0 Å². The maximum absolute atomic E-state index is 12.2. The molecule has 0 bridgehead atoms. The van der Waals surface area contributed by atoms with Crippen LogP contribution in [0.15, 0.2) is 15.8 Å². The third-order valence-corrected chi connectivity index (χ3v) is 5.22. The summed E-state index contributed by atoms with van der Waals surface area (Å²) in [6.07, 6.45) is 0.399. The van der Waals surface area contributed by atoms with Gasteiger partial charge in [-0.15, -0.1) is 0 Å². The molecule has 2 rings (SSSR count). The molecule has 1 saturated heterocycles. The summed E-state index contributed by atoms with van der Waals surface area (Å²) in [6.45, 7) is 5.66. The van der Waals surface area contributed by atoms with Crippen LogP contribution in [0, 0.1) is 18.3 Å². The monoisotopic (exact) mass is 385 g/mol. The molecule has 0 aromatic carbocycles. The third kappa shape index (κ3) is 4.58. The Kier molecular flexibility index (Phi) is 7.50. The number of nitrogens with zero attached hydrogens (tertiary/aromatic N) is 2. The number of methoxy groups -OCH3 is 1. The van der Waals surface area contributed by atoms with Crippen molar-refractivity contribution in [1.82, 2.24) is 9.55 Å². The molecule has 0 amide bonds.